The number of hydrogen-bond acceptors (Lipinski definition) is 2. The maximum absolute atomic E-state index is 8.81. The number of halogens is 1. The molecule has 1 aromatic rings. The van der Waals surface area contributed by atoms with Gasteiger partial charge < -0.3 is 4.90 Å². The summed E-state index contributed by atoms with van der Waals surface area (Å²) in [5.41, 5.74) is 1.67. The molecule has 0 aliphatic carbocycles. The number of nitrogens with zero attached hydrogens (tertiary/aromatic N) is 2. The molecule has 0 aromatic heterocycles. The van der Waals surface area contributed by atoms with E-state index in [1.54, 1.807) is 6.07 Å². The van der Waals surface area contributed by atoms with Gasteiger partial charge in [-0.25, -0.2) is 0 Å². The standard InChI is InChI=1S/C13H15ClN2/c1-9-7-16(8-10(9)2)12-4-3-11(6-15)13(14)5-12/h3-5,9-10H,7-8H2,1-2H3. The molecule has 1 aliphatic heterocycles. The largest absolute Gasteiger partial charge is 0.371 e. The van der Waals surface area contributed by atoms with Crippen molar-refractivity contribution in [3.63, 3.8) is 0 Å². The topological polar surface area (TPSA) is 27.0 Å². The van der Waals surface area contributed by atoms with Gasteiger partial charge in [-0.2, -0.15) is 5.26 Å². The van der Waals surface area contributed by atoms with Gasteiger partial charge in [0.25, 0.3) is 0 Å². The Hall–Kier alpha value is -1.20. The fourth-order valence-corrected chi connectivity index (χ4v) is 2.35. The van der Waals surface area contributed by atoms with E-state index in [4.69, 9.17) is 16.9 Å². The Balaban J connectivity index is 2.23. The zero-order chi connectivity index (χ0) is 11.7. The lowest BCUT2D eigenvalue weighted by molar-refractivity contribution is 0.494. The van der Waals surface area contributed by atoms with Crippen LogP contribution in [0, 0.1) is 23.2 Å². The first kappa shape index (κ1) is 11.3. The van der Waals surface area contributed by atoms with Crippen molar-refractivity contribution in [3.05, 3.63) is 28.8 Å². The van der Waals surface area contributed by atoms with Gasteiger partial charge in [0.05, 0.1) is 10.6 Å². The van der Waals surface area contributed by atoms with Crippen molar-refractivity contribution >= 4 is 17.3 Å². The van der Waals surface area contributed by atoms with Gasteiger partial charge >= 0.3 is 0 Å². The minimum atomic E-state index is 0.547. The van der Waals surface area contributed by atoms with Gasteiger partial charge in [0.15, 0.2) is 0 Å². The van der Waals surface area contributed by atoms with Gasteiger partial charge in [-0.1, -0.05) is 25.4 Å². The lowest BCUT2D eigenvalue weighted by atomic mass is 10.0. The van der Waals surface area contributed by atoms with Crippen LogP contribution in [-0.2, 0) is 0 Å². The molecule has 2 unspecified atom stereocenters. The summed E-state index contributed by atoms with van der Waals surface area (Å²) in [4.78, 5) is 2.34. The zero-order valence-corrected chi connectivity index (χ0v) is 10.3. The van der Waals surface area contributed by atoms with Gasteiger partial charge in [-0.05, 0) is 30.0 Å². The average molecular weight is 235 g/mol. The first-order chi connectivity index (χ1) is 7.61. The summed E-state index contributed by atoms with van der Waals surface area (Å²) < 4.78 is 0. The number of anilines is 1. The Bertz CT molecular complexity index is 426. The van der Waals surface area contributed by atoms with Crippen LogP contribution in [-0.4, -0.2) is 13.1 Å². The molecular formula is C13H15ClN2. The van der Waals surface area contributed by atoms with E-state index in [2.05, 4.69) is 24.8 Å². The molecule has 1 saturated heterocycles. The van der Waals surface area contributed by atoms with Crippen molar-refractivity contribution in [1.29, 1.82) is 5.26 Å². The summed E-state index contributed by atoms with van der Waals surface area (Å²) in [6, 6.07) is 7.75. The highest BCUT2D eigenvalue weighted by Gasteiger charge is 2.26. The Labute approximate surface area is 101 Å². The molecule has 2 atom stereocenters. The second-order valence-electron chi connectivity index (χ2n) is 4.64. The summed E-state index contributed by atoms with van der Waals surface area (Å²) in [6.07, 6.45) is 0. The highest BCUT2D eigenvalue weighted by atomic mass is 35.5. The normalized spacial score (nSPS) is 24.5. The van der Waals surface area contributed by atoms with Crippen molar-refractivity contribution in [1.82, 2.24) is 0 Å². The molecule has 0 spiro atoms. The van der Waals surface area contributed by atoms with E-state index < -0.39 is 0 Å². The van der Waals surface area contributed by atoms with E-state index in [1.165, 1.54) is 0 Å². The summed E-state index contributed by atoms with van der Waals surface area (Å²) in [5.74, 6) is 1.43. The van der Waals surface area contributed by atoms with Crippen LogP contribution < -0.4 is 4.90 Å². The smallest absolute Gasteiger partial charge is 0.101 e. The number of benzene rings is 1. The zero-order valence-electron chi connectivity index (χ0n) is 9.57. The Morgan fingerprint density at radius 3 is 2.44 bits per heavy atom. The number of rotatable bonds is 1. The van der Waals surface area contributed by atoms with Crippen LogP contribution in [0.5, 0.6) is 0 Å². The van der Waals surface area contributed by atoms with Crippen LogP contribution >= 0.6 is 11.6 Å². The maximum Gasteiger partial charge on any atom is 0.101 e. The predicted molar refractivity (Wildman–Crippen MR) is 66.7 cm³/mol. The molecule has 3 heteroatoms. The lowest BCUT2D eigenvalue weighted by Gasteiger charge is -2.18. The van der Waals surface area contributed by atoms with Crippen molar-refractivity contribution in [2.75, 3.05) is 18.0 Å². The molecular weight excluding hydrogens is 220 g/mol. The van der Waals surface area contributed by atoms with Gasteiger partial charge in [0.2, 0.25) is 0 Å². The Kier molecular flexibility index (Phi) is 3.07. The average Bonchev–Trinajstić information content (AvgIpc) is 2.59. The molecule has 0 N–H and O–H groups in total. The first-order valence-corrected chi connectivity index (χ1v) is 5.94. The monoisotopic (exact) mass is 234 g/mol. The van der Waals surface area contributed by atoms with Gasteiger partial charge in [0, 0.05) is 18.8 Å². The third-order valence-corrected chi connectivity index (χ3v) is 3.74. The Morgan fingerprint density at radius 2 is 1.94 bits per heavy atom. The fourth-order valence-electron chi connectivity index (χ4n) is 2.13. The summed E-state index contributed by atoms with van der Waals surface area (Å²) in [7, 11) is 0. The molecule has 0 amide bonds. The van der Waals surface area contributed by atoms with Crippen LogP contribution in [0.3, 0.4) is 0 Å². The van der Waals surface area contributed by atoms with E-state index in [0.29, 0.717) is 10.6 Å². The lowest BCUT2D eigenvalue weighted by Crippen LogP contribution is -2.19. The molecule has 0 saturated carbocycles. The van der Waals surface area contributed by atoms with Crippen LogP contribution in [0.4, 0.5) is 5.69 Å². The van der Waals surface area contributed by atoms with E-state index in [-0.39, 0.29) is 0 Å². The van der Waals surface area contributed by atoms with E-state index in [9.17, 15) is 0 Å². The minimum Gasteiger partial charge on any atom is -0.371 e. The van der Waals surface area contributed by atoms with E-state index in [0.717, 1.165) is 30.6 Å². The van der Waals surface area contributed by atoms with Crippen LogP contribution in [0.2, 0.25) is 5.02 Å². The molecule has 2 nitrogen and oxygen atoms in total. The fraction of sp³-hybridized carbons (Fsp3) is 0.462. The van der Waals surface area contributed by atoms with Gasteiger partial charge in [-0.15, -0.1) is 0 Å². The molecule has 1 aliphatic rings. The Morgan fingerprint density at radius 1 is 1.31 bits per heavy atom. The summed E-state index contributed by atoms with van der Waals surface area (Å²) in [5, 5.41) is 9.36. The quantitative estimate of drug-likeness (QED) is 0.746. The van der Waals surface area contributed by atoms with Crippen LogP contribution in [0.1, 0.15) is 19.4 Å². The number of hydrogen-bond donors (Lipinski definition) is 0. The molecule has 0 bridgehead atoms. The summed E-state index contributed by atoms with van der Waals surface area (Å²) >= 11 is 6.03. The van der Waals surface area contributed by atoms with Crippen molar-refractivity contribution in [3.8, 4) is 6.07 Å². The summed E-state index contributed by atoms with van der Waals surface area (Å²) in [6.45, 7) is 6.69. The third kappa shape index (κ3) is 2.01. The SMILES string of the molecule is CC1CN(c2ccc(C#N)c(Cl)c2)CC1C. The molecule has 1 heterocycles. The molecule has 1 fully saturated rings. The molecule has 0 radical (unpaired) electrons. The highest BCUT2D eigenvalue weighted by Crippen LogP contribution is 2.30. The number of nitriles is 1. The maximum atomic E-state index is 8.81. The van der Waals surface area contributed by atoms with Gasteiger partial charge in [0.1, 0.15) is 6.07 Å². The molecule has 84 valence electrons. The highest BCUT2D eigenvalue weighted by molar-refractivity contribution is 6.32. The third-order valence-electron chi connectivity index (χ3n) is 3.43. The first-order valence-electron chi connectivity index (χ1n) is 5.56. The van der Waals surface area contributed by atoms with Crippen molar-refractivity contribution < 1.29 is 0 Å². The van der Waals surface area contributed by atoms with Crippen molar-refractivity contribution in [2.45, 2.75) is 13.8 Å². The van der Waals surface area contributed by atoms with E-state index in [1.807, 2.05) is 12.1 Å². The molecule has 2 rings (SSSR count). The van der Waals surface area contributed by atoms with E-state index >= 15 is 0 Å². The van der Waals surface area contributed by atoms with Gasteiger partial charge in [-0.3, -0.25) is 0 Å². The van der Waals surface area contributed by atoms with Crippen molar-refractivity contribution in [2.24, 2.45) is 11.8 Å². The second-order valence-corrected chi connectivity index (χ2v) is 5.04. The second kappa shape index (κ2) is 4.35. The molecule has 1 aromatic carbocycles. The molecule has 16 heavy (non-hydrogen) atoms. The predicted octanol–water partition coefficient (Wildman–Crippen LogP) is 3.30. The van der Waals surface area contributed by atoms with Crippen LogP contribution in [0.15, 0.2) is 18.2 Å². The van der Waals surface area contributed by atoms with Crippen LogP contribution in [0.25, 0.3) is 0 Å². The minimum absolute atomic E-state index is 0.547.